The van der Waals surface area contributed by atoms with E-state index in [1.165, 1.54) is 64.2 Å². The molecule has 2 rings (SSSR count). The number of hydrogen-bond donors (Lipinski definition) is 0. The monoisotopic (exact) mass is 246 g/mol. The van der Waals surface area contributed by atoms with Crippen molar-refractivity contribution in [3.63, 3.8) is 0 Å². The minimum Gasteiger partial charge on any atom is -0.0848 e. The Bertz CT molecular complexity index is 268. The van der Waals surface area contributed by atoms with Gasteiger partial charge in [0.05, 0.1) is 0 Å². The molecule has 18 heavy (non-hydrogen) atoms. The first-order valence-electron chi connectivity index (χ1n) is 8.25. The predicted molar refractivity (Wildman–Crippen MR) is 80.6 cm³/mol. The van der Waals surface area contributed by atoms with Crippen LogP contribution >= 0.6 is 0 Å². The third-order valence-corrected chi connectivity index (χ3v) is 4.68. The molecule has 0 nitrogen and oxygen atoms in total. The van der Waals surface area contributed by atoms with Crippen LogP contribution in [-0.2, 0) is 0 Å². The third kappa shape index (κ3) is 4.63. The summed E-state index contributed by atoms with van der Waals surface area (Å²) in [5, 5.41) is 0. The van der Waals surface area contributed by atoms with Gasteiger partial charge in [-0.1, -0.05) is 63.3 Å². The number of allylic oxidation sites excluding steroid dienone is 4. The van der Waals surface area contributed by atoms with Crippen LogP contribution in [0.4, 0.5) is 0 Å². The Morgan fingerprint density at radius 2 is 1.72 bits per heavy atom. The normalized spacial score (nSPS) is 30.7. The Morgan fingerprint density at radius 3 is 2.50 bits per heavy atom. The summed E-state index contributed by atoms with van der Waals surface area (Å²) in [6, 6.07) is 0. The van der Waals surface area contributed by atoms with Crippen LogP contribution in [0.3, 0.4) is 0 Å². The van der Waals surface area contributed by atoms with Crippen LogP contribution in [0.5, 0.6) is 0 Å². The van der Waals surface area contributed by atoms with Crippen molar-refractivity contribution in [1.29, 1.82) is 0 Å². The second-order valence-corrected chi connectivity index (χ2v) is 6.31. The minimum atomic E-state index is 0.730. The van der Waals surface area contributed by atoms with E-state index in [9.17, 15) is 0 Å². The Balaban J connectivity index is 1.81. The highest BCUT2D eigenvalue weighted by molar-refractivity contribution is 5.05. The van der Waals surface area contributed by atoms with E-state index in [-0.39, 0.29) is 0 Å². The average Bonchev–Trinajstić information content (AvgIpc) is 2.64. The fourth-order valence-electron chi connectivity index (χ4n) is 3.51. The number of rotatable bonds is 4. The maximum Gasteiger partial charge on any atom is -0.00533 e. The Kier molecular flexibility index (Phi) is 6.04. The first kappa shape index (κ1) is 13.9. The average molecular weight is 246 g/mol. The topological polar surface area (TPSA) is 0 Å². The fraction of sp³-hybridized carbons (Fsp3) is 0.778. The maximum atomic E-state index is 2.54. The molecule has 0 heteroatoms. The second-order valence-electron chi connectivity index (χ2n) is 6.31. The van der Waals surface area contributed by atoms with Crippen molar-refractivity contribution in [2.24, 2.45) is 17.8 Å². The van der Waals surface area contributed by atoms with Crippen LogP contribution in [0.15, 0.2) is 24.3 Å². The van der Waals surface area contributed by atoms with Gasteiger partial charge in [-0.2, -0.15) is 0 Å². The van der Waals surface area contributed by atoms with Gasteiger partial charge in [0.15, 0.2) is 0 Å². The third-order valence-electron chi connectivity index (χ3n) is 4.68. The molecule has 0 spiro atoms. The molecule has 0 aromatic heterocycles. The van der Waals surface area contributed by atoms with E-state index in [1.54, 1.807) is 0 Å². The van der Waals surface area contributed by atoms with E-state index in [1.807, 2.05) is 0 Å². The molecule has 0 bridgehead atoms. The summed E-state index contributed by atoms with van der Waals surface area (Å²) in [5.41, 5.74) is 0. The highest BCUT2D eigenvalue weighted by Crippen LogP contribution is 2.28. The zero-order valence-electron chi connectivity index (χ0n) is 12.1. The zero-order chi connectivity index (χ0) is 12.6. The molecular formula is C18H30. The van der Waals surface area contributed by atoms with Crippen LogP contribution in [0.25, 0.3) is 0 Å². The zero-order valence-corrected chi connectivity index (χ0v) is 12.1. The molecule has 2 atom stereocenters. The molecule has 0 aliphatic heterocycles. The highest BCUT2D eigenvalue weighted by Gasteiger charge is 2.13. The summed E-state index contributed by atoms with van der Waals surface area (Å²) in [7, 11) is 0. The Hall–Kier alpha value is -0.520. The van der Waals surface area contributed by atoms with Crippen molar-refractivity contribution in [3.05, 3.63) is 24.3 Å². The molecule has 2 unspecified atom stereocenters. The van der Waals surface area contributed by atoms with E-state index in [2.05, 4.69) is 31.2 Å². The molecule has 0 amide bonds. The van der Waals surface area contributed by atoms with Crippen LogP contribution in [0, 0.1) is 17.8 Å². The lowest BCUT2D eigenvalue weighted by molar-refractivity contribution is 0.417. The van der Waals surface area contributed by atoms with E-state index in [4.69, 9.17) is 0 Å². The van der Waals surface area contributed by atoms with Crippen LogP contribution in [0.1, 0.15) is 71.1 Å². The van der Waals surface area contributed by atoms with Gasteiger partial charge in [-0.25, -0.2) is 0 Å². The SMILES string of the molecule is CCCC1C=CC(/C=C/C2CCCCC2)CCC1. The lowest BCUT2D eigenvalue weighted by Gasteiger charge is -2.18. The quantitative estimate of drug-likeness (QED) is 0.542. The lowest BCUT2D eigenvalue weighted by atomic mass is 9.88. The van der Waals surface area contributed by atoms with E-state index in [0.717, 1.165) is 17.8 Å². The molecule has 0 radical (unpaired) electrons. The van der Waals surface area contributed by atoms with Crippen LogP contribution in [-0.4, -0.2) is 0 Å². The van der Waals surface area contributed by atoms with Crippen molar-refractivity contribution in [1.82, 2.24) is 0 Å². The summed E-state index contributed by atoms with van der Waals surface area (Å²) in [4.78, 5) is 0. The largest absolute Gasteiger partial charge is 0.0848 e. The summed E-state index contributed by atoms with van der Waals surface area (Å²) in [6.07, 6.45) is 24.2. The Morgan fingerprint density at radius 1 is 0.889 bits per heavy atom. The summed E-state index contributed by atoms with van der Waals surface area (Å²) >= 11 is 0. The van der Waals surface area contributed by atoms with E-state index >= 15 is 0 Å². The molecule has 2 aliphatic rings. The van der Waals surface area contributed by atoms with Crippen molar-refractivity contribution < 1.29 is 0 Å². The Labute approximate surface area is 114 Å². The maximum absolute atomic E-state index is 2.54. The van der Waals surface area contributed by atoms with Crippen molar-refractivity contribution in [3.8, 4) is 0 Å². The van der Waals surface area contributed by atoms with Gasteiger partial charge >= 0.3 is 0 Å². The van der Waals surface area contributed by atoms with Crippen molar-refractivity contribution in [2.45, 2.75) is 71.1 Å². The molecule has 1 fully saturated rings. The molecule has 2 aliphatic carbocycles. The first-order chi connectivity index (χ1) is 8.88. The van der Waals surface area contributed by atoms with Gasteiger partial charge in [-0.3, -0.25) is 0 Å². The number of hydrogen-bond acceptors (Lipinski definition) is 0. The standard InChI is InChI=1S/C18H30/c1-2-7-16-10-6-11-18(14-12-16)15-13-17-8-4-3-5-9-17/h12-18H,2-11H2,1H3/b15-13+. The summed E-state index contributed by atoms with van der Waals surface area (Å²) in [5.74, 6) is 2.48. The van der Waals surface area contributed by atoms with Crippen LogP contribution in [0.2, 0.25) is 0 Å². The lowest BCUT2D eigenvalue weighted by Crippen LogP contribution is -2.03. The predicted octanol–water partition coefficient (Wildman–Crippen LogP) is 5.90. The van der Waals surface area contributed by atoms with E-state index in [0.29, 0.717) is 0 Å². The molecule has 102 valence electrons. The van der Waals surface area contributed by atoms with Crippen molar-refractivity contribution in [2.75, 3.05) is 0 Å². The fourth-order valence-corrected chi connectivity index (χ4v) is 3.51. The smallest absolute Gasteiger partial charge is 0.00533 e. The summed E-state index contributed by atoms with van der Waals surface area (Å²) in [6.45, 7) is 2.30. The molecule has 0 saturated heterocycles. The molecule has 1 saturated carbocycles. The van der Waals surface area contributed by atoms with Gasteiger partial charge in [0.2, 0.25) is 0 Å². The van der Waals surface area contributed by atoms with Gasteiger partial charge in [-0.15, -0.1) is 0 Å². The minimum absolute atomic E-state index is 0.730. The van der Waals surface area contributed by atoms with Gasteiger partial charge in [-0.05, 0) is 49.9 Å². The van der Waals surface area contributed by atoms with E-state index < -0.39 is 0 Å². The van der Waals surface area contributed by atoms with Gasteiger partial charge in [0.25, 0.3) is 0 Å². The second kappa shape index (κ2) is 7.81. The van der Waals surface area contributed by atoms with Crippen molar-refractivity contribution >= 4 is 0 Å². The van der Waals surface area contributed by atoms with Gasteiger partial charge < -0.3 is 0 Å². The van der Waals surface area contributed by atoms with Gasteiger partial charge in [0, 0.05) is 0 Å². The molecule has 0 aromatic rings. The molecule has 0 N–H and O–H groups in total. The summed E-state index contributed by atoms with van der Waals surface area (Å²) < 4.78 is 0. The first-order valence-corrected chi connectivity index (χ1v) is 8.25. The highest BCUT2D eigenvalue weighted by atomic mass is 14.2. The molecular weight excluding hydrogens is 216 g/mol. The molecule has 0 heterocycles. The molecule has 0 aromatic carbocycles. The van der Waals surface area contributed by atoms with Gasteiger partial charge in [0.1, 0.15) is 0 Å². The van der Waals surface area contributed by atoms with Crippen LogP contribution < -0.4 is 0 Å².